The second kappa shape index (κ2) is 39.3. The zero-order valence-electron chi connectivity index (χ0n) is 79.4. The SMILES string of the molecule is N#Cc1cc(-c2ccc(-c3ccc4c(c3)sc3cc(-c5ccccc5)c5ccccc5c34)cc2)ccn1.N#Cc1ccnc(-c2ccc(-c3ccc4c(c3)sc3cc(-c5ccccc5)c5ccccc5c34)cc2)c1.N#Cc1cncc(-c2ccc(-c3ccc4c(c3)sc3cc(-c5ccccc5)c5ccccc5c34)cc2)c1.[C-]#[N+]c1ccnc(-c2cccc(-c3ccc4c(c3)sc3cc(-c5ccccc5)c5ccccc5c34)c2)c1. The third-order valence-corrected chi connectivity index (χ3v) is 32.3. The highest BCUT2D eigenvalue weighted by atomic mass is 32.1. The fraction of sp³-hybridized carbons (Fsp3) is 0. The summed E-state index contributed by atoms with van der Waals surface area (Å²) in [5, 5.41) is 48.4. The van der Waals surface area contributed by atoms with Crippen LogP contribution < -0.4 is 0 Å². The van der Waals surface area contributed by atoms with Crippen LogP contribution in [0.5, 0.6) is 0 Å². The van der Waals surface area contributed by atoms with Gasteiger partial charge in [-0.3, -0.25) is 15.0 Å². The molecule has 28 rings (SSSR count). The van der Waals surface area contributed by atoms with Crippen LogP contribution in [-0.4, -0.2) is 19.9 Å². The molecule has 0 N–H and O–H groups in total. The minimum absolute atomic E-state index is 0.430. The van der Waals surface area contributed by atoms with Crippen LogP contribution in [0.4, 0.5) is 5.69 Å². The maximum absolute atomic E-state index is 9.20. The molecule has 0 amide bonds. The molecule has 8 aromatic heterocycles. The van der Waals surface area contributed by atoms with Crippen molar-refractivity contribution in [2.24, 2.45) is 0 Å². The van der Waals surface area contributed by atoms with E-state index in [2.05, 4.69) is 456 Å². The monoisotopic (exact) mass is 1950 g/mol. The summed E-state index contributed by atoms with van der Waals surface area (Å²) in [7, 11) is 0. The molecule has 12 heteroatoms. The average molecular weight is 1950 g/mol. The molecule has 0 saturated carbocycles. The number of benzene rings is 20. The molecule has 688 valence electrons. The van der Waals surface area contributed by atoms with Gasteiger partial charge in [0.05, 0.1) is 35.2 Å². The lowest BCUT2D eigenvalue weighted by atomic mass is 9.94. The maximum Gasteiger partial charge on any atom is 0.190 e. The van der Waals surface area contributed by atoms with E-state index in [0.717, 1.165) is 55.9 Å². The van der Waals surface area contributed by atoms with Crippen molar-refractivity contribution < 1.29 is 0 Å². The Morgan fingerprint density at radius 3 is 0.872 bits per heavy atom. The maximum atomic E-state index is 9.20. The van der Waals surface area contributed by atoms with E-state index in [0.29, 0.717) is 22.5 Å². The van der Waals surface area contributed by atoms with Crippen LogP contribution in [0.25, 0.3) is 262 Å². The summed E-state index contributed by atoms with van der Waals surface area (Å²) in [5.41, 5.74) is 29.4. The smallest absolute Gasteiger partial charge is 0.190 e. The van der Waals surface area contributed by atoms with Crippen LogP contribution in [-0.2, 0) is 0 Å². The van der Waals surface area contributed by atoms with Gasteiger partial charge in [0, 0.05) is 123 Å². The molecular formula is C136H80N8S4. The molecule has 8 nitrogen and oxygen atoms in total. The first-order chi connectivity index (χ1) is 73.1. The van der Waals surface area contributed by atoms with E-state index in [1.807, 2.05) is 75.7 Å². The molecule has 8 heterocycles. The zero-order chi connectivity index (χ0) is 99.1. The van der Waals surface area contributed by atoms with Crippen molar-refractivity contribution in [1.29, 1.82) is 15.8 Å². The Balaban J connectivity index is 0.000000103. The number of hydrogen-bond acceptors (Lipinski definition) is 11. The zero-order valence-corrected chi connectivity index (χ0v) is 82.7. The number of nitrogens with zero attached hydrogens (tertiary/aromatic N) is 8. The summed E-state index contributed by atoms with van der Waals surface area (Å²) in [5.74, 6) is 0. The Hall–Kier alpha value is -19.1. The van der Waals surface area contributed by atoms with E-state index >= 15 is 0 Å². The third kappa shape index (κ3) is 17.3. The van der Waals surface area contributed by atoms with Gasteiger partial charge >= 0.3 is 0 Å². The molecule has 0 aliphatic rings. The molecule has 28 aromatic rings. The van der Waals surface area contributed by atoms with Crippen molar-refractivity contribution in [2.75, 3.05) is 0 Å². The highest BCUT2D eigenvalue weighted by Crippen LogP contribution is 2.51. The first-order valence-electron chi connectivity index (χ1n) is 48.7. The number of thiophene rings is 4. The molecule has 0 spiro atoms. The summed E-state index contributed by atoms with van der Waals surface area (Å²) < 4.78 is 10.4. The fourth-order valence-electron chi connectivity index (χ4n) is 20.7. The molecular weight excluding hydrogens is 1870 g/mol. The Morgan fingerprint density at radius 1 is 0.196 bits per heavy atom. The molecule has 0 aliphatic carbocycles. The number of fused-ring (bicyclic) bond motifs is 20. The summed E-state index contributed by atoms with van der Waals surface area (Å²) >= 11 is 7.43. The van der Waals surface area contributed by atoms with Gasteiger partial charge in [-0.2, -0.15) is 15.8 Å². The molecule has 0 radical (unpaired) electrons. The molecule has 0 atom stereocenters. The summed E-state index contributed by atoms with van der Waals surface area (Å²) in [6.45, 7) is 7.31. The molecule has 0 saturated heterocycles. The van der Waals surface area contributed by atoms with Crippen molar-refractivity contribution in [3.05, 3.63) is 514 Å². The minimum atomic E-state index is 0.430. The lowest BCUT2D eigenvalue weighted by molar-refractivity contribution is 1.26. The quantitative estimate of drug-likeness (QED) is 0.111. The van der Waals surface area contributed by atoms with Crippen molar-refractivity contribution in [3.63, 3.8) is 0 Å². The lowest BCUT2D eigenvalue weighted by Crippen LogP contribution is -1.85. The van der Waals surface area contributed by atoms with Gasteiger partial charge in [0.2, 0.25) is 0 Å². The summed E-state index contributed by atoms with van der Waals surface area (Å²) in [6.07, 6.45) is 8.46. The van der Waals surface area contributed by atoms with Gasteiger partial charge in [-0.1, -0.05) is 358 Å². The van der Waals surface area contributed by atoms with Gasteiger partial charge in [-0.05, 0) is 251 Å². The van der Waals surface area contributed by atoms with Crippen LogP contribution in [0.3, 0.4) is 0 Å². The topological polar surface area (TPSA) is 127 Å². The van der Waals surface area contributed by atoms with Crippen LogP contribution in [0, 0.1) is 40.6 Å². The number of hydrogen-bond donors (Lipinski definition) is 0. The molecule has 0 aliphatic heterocycles. The first-order valence-corrected chi connectivity index (χ1v) is 52.0. The van der Waals surface area contributed by atoms with E-state index in [4.69, 9.17) is 11.8 Å². The molecule has 148 heavy (non-hydrogen) atoms. The summed E-state index contributed by atoms with van der Waals surface area (Å²) in [6, 6.07) is 167. The van der Waals surface area contributed by atoms with Gasteiger partial charge in [0.1, 0.15) is 17.8 Å². The predicted molar refractivity (Wildman–Crippen MR) is 624 cm³/mol. The highest BCUT2D eigenvalue weighted by molar-refractivity contribution is 7.27. The van der Waals surface area contributed by atoms with Crippen molar-refractivity contribution in [3.8, 4) is 152 Å². The van der Waals surface area contributed by atoms with Crippen LogP contribution in [0.2, 0.25) is 0 Å². The van der Waals surface area contributed by atoms with Crippen LogP contribution in [0.1, 0.15) is 16.8 Å². The van der Waals surface area contributed by atoms with Crippen LogP contribution >= 0.6 is 45.3 Å². The van der Waals surface area contributed by atoms with Gasteiger partial charge in [0.25, 0.3) is 0 Å². The van der Waals surface area contributed by atoms with Gasteiger partial charge in [0.15, 0.2) is 5.69 Å². The Labute approximate surface area is 869 Å². The largest absolute Gasteiger partial charge is 0.263 e. The highest BCUT2D eigenvalue weighted by Gasteiger charge is 2.22. The first kappa shape index (κ1) is 90.2. The number of pyridine rings is 4. The molecule has 0 bridgehead atoms. The van der Waals surface area contributed by atoms with Gasteiger partial charge in [-0.25, -0.2) is 9.83 Å². The average Bonchev–Trinajstić information content (AvgIpc) is 1.60. The van der Waals surface area contributed by atoms with Crippen molar-refractivity contribution in [1.82, 2.24) is 19.9 Å². The van der Waals surface area contributed by atoms with Gasteiger partial charge < -0.3 is 0 Å². The van der Waals surface area contributed by atoms with E-state index < -0.39 is 0 Å². The van der Waals surface area contributed by atoms with E-state index in [1.165, 1.54) is 202 Å². The van der Waals surface area contributed by atoms with Crippen molar-refractivity contribution >= 4 is 175 Å². The number of rotatable bonds is 12. The Morgan fingerprint density at radius 2 is 0.500 bits per heavy atom. The fourth-order valence-corrected chi connectivity index (χ4v) is 25.5. The van der Waals surface area contributed by atoms with Crippen molar-refractivity contribution in [2.45, 2.75) is 0 Å². The molecule has 0 unspecified atom stereocenters. The lowest BCUT2D eigenvalue weighted by Gasteiger charge is -2.09. The minimum Gasteiger partial charge on any atom is -0.263 e. The van der Waals surface area contributed by atoms with E-state index in [-0.39, 0.29) is 0 Å². The van der Waals surface area contributed by atoms with E-state index in [9.17, 15) is 10.5 Å². The predicted octanol–water partition coefficient (Wildman–Crippen LogP) is 38.6. The Kier molecular flexibility index (Phi) is 23.9. The van der Waals surface area contributed by atoms with Crippen LogP contribution in [0.15, 0.2) is 486 Å². The number of nitriles is 3. The Bertz CT molecular complexity index is 9580. The third-order valence-electron chi connectivity index (χ3n) is 27.9. The summed E-state index contributed by atoms with van der Waals surface area (Å²) in [4.78, 5) is 20.7. The standard InChI is InChI=1S/4C34H20N2S/c1-35-26-16-17-36-31(20-26)25-11-7-10-23(18-25)24-14-15-29-32(19-24)37-33-21-30(22-8-3-2-4-9-22)27-12-5-6-13-28(27)34(29)33;35-19-22-16-27(21-36-20-22)24-12-10-23(11-13-24)26-14-15-30-32(17-26)37-33-18-31(25-6-2-1-3-7-25)28-8-4-5-9-29(28)34(30)33;35-21-22-16-17-36-31(18-22)25-12-10-23(11-13-25)26-14-15-29-32(19-26)37-33-20-30(24-6-2-1-3-7-24)27-8-4-5-9-28(27)34(29)33;35-21-27-18-26(16-17-36-27)23-12-10-22(11-13-23)25-14-15-30-32(19-25)37-33-20-31(24-6-2-1-3-7-24)28-8-4-5-9-29(28)34(30)33/h2-21H;1-18,20-21H;2*1-20H. The second-order valence-corrected chi connectivity index (χ2v) is 40.9. The molecule has 0 fully saturated rings. The number of aromatic nitrogens is 4. The van der Waals surface area contributed by atoms with E-state index in [1.54, 1.807) is 43.1 Å². The van der Waals surface area contributed by atoms with Gasteiger partial charge in [-0.15, -0.1) is 45.3 Å². The second-order valence-electron chi connectivity index (χ2n) is 36.6. The molecule has 20 aromatic carbocycles. The normalized spacial score (nSPS) is 11.2.